The molecular formula is C10H12BrClFN. The second kappa shape index (κ2) is 5.69. The van der Waals surface area contributed by atoms with Gasteiger partial charge in [0.1, 0.15) is 5.82 Å². The molecule has 1 aromatic rings. The summed E-state index contributed by atoms with van der Waals surface area (Å²) in [5.41, 5.74) is 1.04. The molecule has 0 radical (unpaired) electrons. The van der Waals surface area contributed by atoms with Crippen LogP contribution < -0.4 is 5.32 Å². The Kier molecular flexibility index (Phi) is 4.85. The first-order chi connectivity index (χ1) is 6.63. The van der Waals surface area contributed by atoms with E-state index in [-0.39, 0.29) is 11.9 Å². The second-order valence-corrected chi connectivity index (χ2v) is 4.35. The molecule has 0 saturated carbocycles. The fourth-order valence-corrected chi connectivity index (χ4v) is 1.53. The van der Waals surface area contributed by atoms with Gasteiger partial charge in [-0.2, -0.15) is 0 Å². The molecule has 1 atom stereocenters. The standard InChI is InChI=1S/C10H12BrClFN/c1-7(5-12)14-6-8-2-3-10(13)9(11)4-8/h2-4,7,14H,5-6H2,1H3. The van der Waals surface area contributed by atoms with Gasteiger partial charge in [0.25, 0.3) is 0 Å². The van der Waals surface area contributed by atoms with Crippen LogP contribution in [0.15, 0.2) is 22.7 Å². The molecule has 0 amide bonds. The summed E-state index contributed by atoms with van der Waals surface area (Å²) in [6.07, 6.45) is 0. The zero-order valence-corrected chi connectivity index (χ0v) is 10.2. The Morgan fingerprint density at radius 2 is 2.29 bits per heavy atom. The van der Waals surface area contributed by atoms with Crippen molar-refractivity contribution in [1.82, 2.24) is 5.32 Å². The third-order valence-corrected chi connectivity index (χ3v) is 2.94. The number of rotatable bonds is 4. The van der Waals surface area contributed by atoms with Crippen LogP contribution in [0, 0.1) is 5.82 Å². The first kappa shape index (κ1) is 12.0. The predicted octanol–water partition coefficient (Wildman–Crippen LogP) is 3.31. The number of nitrogens with one attached hydrogen (secondary N) is 1. The van der Waals surface area contributed by atoms with Crippen LogP contribution in [0.3, 0.4) is 0 Å². The van der Waals surface area contributed by atoms with E-state index in [4.69, 9.17) is 11.6 Å². The van der Waals surface area contributed by atoms with Crippen LogP contribution in [0.2, 0.25) is 0 Å². The van der Waals surface area contributed by atoms with Gasteiger partial charge in [-0.25, -0.2) is 4.39 Å². The Labute approximate surface area is 96.8 Å². The Balaban J connectivity index is 2.55. The number of hydrogen-bond donors (Lipinski definition) is 1. The van der Waals surface area contributed by atoms with Crippen LogP contribution in [0.25, 0.3) is 0 Å². The maximum atomic E-state index is 12.9. The van der Waals surface area contributed by atoms with E-state index in [0.717, 1.165) is 5.56 Å². The highest BCUT2D eigenvalue weighted by atomic mass is 79.9. The molecule has 0 bridgehead atoms. The molecular weight excluding hydrogens is 268 g/mol. The highest BCUT2D eigenvalue weighted by Gasteiger charge is 2.02. The molecule has 1 rings (SSSR count). The van der Waals surface area contributed by atoms with E-state index in [9.17, 15) is 4.39 Å². The van der Waals surface area contributed by atoms with Crippen molar-refractivity contribution >= 4 is 27.5 Å². The molecule has 0 saturated heterocycles. The highest BCUT2D eigenvalue weighted by Crippen LogP contribution is 2.16. The van der Waals surface area contributed by atoms with Gasteiger partial charge in [0.15, 0.2) is 0 Å². The summed E-state index contributed by atoms with van der Waals surface area (Å²) in [7, 11) is 0. The molecule has 0 aliphatic rings. The Bertz CT molecular complexity index is 306. The van der Waals surface area contributed by atoms with Gasteiger partial charge in [0, 0.05) is 18.5 Å². The average molecular weight is 281 g/mol. The van der Waals surface area contributed by atoms with Crippen molar-refractivity contribution in [1.29, 1.82) is 0 Å². The lowest BCUT2D eigenvalue weighted by atomic mass is 10.2. The topological polar surface area (TPSA) is 12.0 Å². The van der Waals surface area contributed by atoms with Crippen molar-refractivity contribution in [3.63, 3.8) is 0 Å². The Morgan fingerprint density at radius 1 is 1.57 bits per heavy atom. The summed E-state index contributed by atoms with van der Waals surface area (Å²) in [5.74, 6) is 0.335. The van der Waals surface area contributed by atoms with E-state index in [1.165, 1.54) is 6.07 Å². The molecule has 1 N–H and O–H groups in total. The smallest absolute Gasteiger partial charge is 0.137 e. The molecule has 4 heteroatoms. The summed E-state index contributed by atoms with van der Waals surface area (Å²) in [5, 5.41) is 3.22. The van der Waals surface area contributed by atoms with Gasteiger partial charge in [0.05, 0.1) is 4.47 Å². The van der Waals surface area contributed by atoms with Gasteiger partial charge >= 0.3 is 0 Å². The third kappa shape index (κ3) is 3.56. The van der Waals surface area contributed by atoms with Gasteiger partial charge in [-0.05, 0) is 40.5 Å². The van der Waals surface area contributed by atoms with E-state index in [2.05, 4.69) is 21.2 Å². The van der Waals surface area contributed by atoms with Gasteiger partial charge in [-0.1, -0.05) is 6.07 Å². The number of alkyl halides is 1. The van der Waals surface area contributed by atoms with Crippen molar-refractivity contribution in [2.24, 2.45) is 0 Å². The fraction of sp³-hybridized carbons (Fsp3) is 0.400. The van der Waals surface area contributed by atoms with Crippen molar-refractivity contribution < 1.29 is 4.39 Å². The summed E-state index contributed by atoms with van der Waals surface area (Å²) in [4.78, 5) is 0. The molecule has 0 aliphatic heterocycles. The SMILES string of the molecule is CC(CCl)NCc1ccc(F)c(Br)c1. The van der Waals surface area contributed by atoms with E-state index in [0.29, 0.717) is 16.9 Å². The highest BCUT2D eigenvalue weighted by molar-refractivity contribution is 9.10. The third-order valence-electron chi connectivity index (χ3n) is 1.87. The van der Waals surface area contributed by atoms with E-state index in [1.807, 2.05) is 6.92 Å². The van der Waals surface area contributed by atoms with E-state index in [1.54, 1.807) is 12.1 Å². The summed E-state index contributed by atoms with van der Waals surface area (Å²) in [6.45, 7) is 2.71. The van der Waals surface area contributed by atoms with Crippen molar-refractivity contribution in [2.45, 2.75) is 19.5 Å². The quantitative estimate of drug-likeness (QED) is 0.835. The van der Waals surface area contributed by atoms with Crippen molar-refractivity contribution in [3.8, 4) is 0 Å². The van der Waals surface area contributed by atoms with Gasteiger partial charge in [-0.3, -0.25) is 0 Å². The van der Waals surface area contributed by atoms with Crippen LogP contribution >= 0.6 is 27.5 Å². The Hall–Kier alpha value is -0.120. The van der Waals surface area contributed by atoms with Gasteiger partial charge in [-0.15, -0.1) is 11.6 Å². The molecule has 1 nitrogen and oxygen atoms in total. The van der Waals surface area contributed by atoms with Crippen LogP contribution in [0.4, 0.5) is 4.39 Å². The minimum Gasteiger partial charge on any atom is -0.309 e. The van der Waals surface area contributed by atoms with Crippen LogP contribution in [-0.4, -0.2) is 11.9 Å². The number of benzene rings is 1. The maximum absolute atomic E-state index is 12.9. The van der Waals surface area contributed by atoms with Crippen LogP contribution in [0.5, 0.6) is 0 Å². The van der Waals surface area contributed by atoms with Gasteiger partial charge < -0.3 is 5.32 Å². The van der Waals surface area contributed by atoms with Crippen LogP contribution in [-0.2, 0) is 6.54 Å². The predicted molar refractivity (Wildman–Crippen MR) is 61.1 cm³/mol. The summed E-state index contributed by atoms with van der Waals surface area (Å²) < 4.78 is 13.4. The lowest BCUT2D eigenvalue weighted by molar-refractivity contribution is 0.589. The zero-order chi connectivity index (χ0) is 10.6. The lowest BCUT2D eigenvalue weighted by Crippen LogP contribution is -2.26. The minimum atomic E-state index is -0.237. The molecule has 0 spiro atoms. The van der Waals surface area contributed by atoms with Crippen LogP contribution in [0.1, 0.15) is 12.5 Å². The fourth-order valence-electron chi connectivity index (χ4n) is 0.996. The van der Waals surface area contributed by atoms with Gasteiger partial charge in [0.2, 0.25) is 0 Å². The van der Waals surface area contributed by atoms with E-state index < -0.39 is 0 Å². The molecule has 0 fully saturated rings. The minimum absolute atomic E-state index is 0.237. The summed E-state index contributed by atoms with van der Waals surface area (Å²) >= 11 is 8.78. The average Bonchev–Trinajstić information content (AvgIpc) is 2.19. The molecule has 0 heterocycles. The lowest BCUT2D eigenvalue weighted by Gasteiger charge is -2.10. The molecule has 1 unspecified atom stereocenters. The maximum Gasteiger partial charge on any atom is 0.137 e. The van der Waals surface area contributed by atoms with E-state index >= 15 is 0 Å². The zero-order valence-electron chi connectivity index (χ0n) is 7.86. The summed E-state index contributed by atoms with van der Waals surface area (Å²) in [6, 6.07) is 5.24. The monoisotopic (exact) mass is 279 g/mol. The normalized spacial score (nSPS) is 12.9. The van der Waals surface area contributed by atoms with Crippen molar-refractivity contribution in [2.75, 3.05) is 5.88 Å². The first-order valence-corrected chi connectivity index (χ1v) is 5.69. The molecule has 0 aliphatic carbocycles. The first-order valence-electron chi connectivity index (χ1n) is 4.36. The second-order valence-electron chi connectivity index (χ2n) is 3.18. The molecule has 0 aromatic heterocycles. The van der Waals surface area contributed by atoms with Crippen molar-refractivity contribution in [3.05, 3.63) is 34.1 Å². The number of hydrogen-bond acceptors (Lipinski definition) is 1. The molecule has 1 aromatic carbocycles. The Morgan fingerprint density at radius 3 is 2.86 bits per heavy atom. The number of halogens is 3. The molecule has 78 valence electrons. The largest absolute Gasteiger partial charge is 0.309 e. The molecule has 14 heavy (non-hydrogen) atoms.